The van der Waals surface area contributed by atoms with E-state index in [-0.39, 0.29) is 11.8 Å². The van der Waals surface area contributed by atoms with Crippen molar-refractivity contribution in [3.8, 4) is 23.0 Å². The van der Waals surface area contributed by atoms with Gasteiger partial charge in [-0.05, 0) is 74.6 Å². The molecular formula is C34H43Cl2N7O3. The average molecular weight is 669 g/mol. The summed E-state index contributed by atoms with van der Waals surface area (Å²) in [6.45, 7) is 11.7. The first-order valence-corrected chi connectivity index (χ1v) is 16.9. The van der Waals surface area contributed by atoms with E-state index in [1.807, 2.05) is 32.0 Å². The van der Waals surface area contributed by atoms with Gasteiger partial charge in [0.1, 0.15) is 12.1 Å². The van der Waals surface area contributed by atoms with Crippen LogP contribution in [0.2, 0.25) is 10.0 Å². The van der Waals surface area contributed by atoms with Gasteiger partial charge in [0.25, 0.3) is 0 Å². The van der Waals surface area contributed by atoms with E-state index in [1.54, 1.807) is 18.5 Å². The molecule has 1 atom stereocenters. The summed E-state index contributed by atoms with van der Waals surface area (Å²) in [7, 11) is 0. The van der Waals surface area contributed by atoms with E-state index in [4.69, 9.17) is 32.9 Å². The molecule has 1 amide bonds. The molecular weight excluding hydrogens is 625 g/mol. The van der Waals surface area contributed by atoms with Crippen molar-refractivity contribution in [2.75, 3.05) is 57.3 Å². The first kappa shape index (κ1) is 34.0. The van der Waals surface area contributed by atoms with Crippen molar-refractivity contribution in [1.29, 1.82) is 0 Å². The van der Waals surface area contributed by atoms with Crippen LogP contribution in [0.4, 0.5) is 5.82 Å². The molecule has 46 heavy (non-hydrogen) atoms. The first-order valence-electron chi connectivity index (χ1n) is 16.2. The molecule has 1 aromatic carbocycles. The molecule has 0 saturated carbocycles. The molecule has 3 aromatic rings. The Bertz CT molecular complexity index is 1440. The standard InChI is InChI=1S/C34H43Cl2N7O3/c1-3-32(45)38-19-25-5-8-42(9-6-25)22-26-14-30(27-16-28(35)18-29(36)17-27)40-33(15-26)46-34-21-37-31(20-39-34)43-12-10-41(11-13-43)7-4-24(2)23-44/h14-18,20-21,23-25H,3-13,19,22H2,1-2H3,(H,38,45). The molecule has 0 spiro atoms. The van der Waals surface area contributed by atoms with E-state index >= 15 is 0 Å². The van der Waals surface area contributed by atoms with Gasteiger partial charge in [0, 0.05) is 73.3 Å². The maximum absolute atomic E-state index is 11.7. The number of piperidine rings is 1. The second-order valence-electron chi connectivity index (χ2n) is 12.3. The van der Waals surface area contributed by atoms with E-state index in [1.165, 1.54) is 0 Å². The highest BCUT2D eigenvalue weighted by atomic mass is 35.5. The first-order chi connectivity index (χ1) is 22.3. The number of carbonyl (C=O) groups excluding carboxylic acids is 2. The van der Waals surface area contributed by atoms with Gasteiger partial charge in [-0.15, -0.1) is 0 Å². The van der Waals surface area contributed by atoms with Crippen LogP contribution in [0, 0.1) is 11.8 Å². The number of piperazine rings is 1. The Morgan fingerprint density at radius 3 is 2.37 bits per heavy atom. The third-order valence-corrected chi connectivity index (χ3v) is 9.13. The van der Waals surface area contributed by atoms with E-state index in [2.05, 4.69) is 36.1 Å². The molecule has 2 aromatic heterocycles. The predicted octanol–water partition coefficient (Wildman–Crippen LogP) is 5.72. The average Bonchev–Trinajstić information content (AvgIpc) is 3.06. The van der Waals surface area contributed by atoms with Crippen LogP contribution >= 0.6 is 23.2 Å². The second kappa shape index (κ2) is 16.5. The van der Waals surface area contributed by atoms with Crippen LogP contribution in [0.5, 0.6) is 11.8 Å². The number of pyridine rings is 1. The number of hydrogen-bond donors (Lipinski definition) is 1. The van der Waals surface area contributed by atoms with Gasteiger partial charge in [-0.25, -0.2) is 15.0 Å². The zero-order chi connectivity index (χ0) is 32.5. The Hall–Kier alpha value is -3.31. The largest absolute Gasteiger partial charge is 0.419 e. The van der Waals surface area contributed by atoms with Gasteiger partial charge in [-0.3, -0.25) is 14.6 Å². The lowest BCUT2D eigenvalue weighted by Crippen LogP contribution is -2.47. The Kier molecular flexibility index (Phi) is 12.2. The molecule has 1 N–H and O–H groups in total. The number of aldehydes is 1. The number of carbonyl (C=O) groups is 2. The van der Waals surface area contributed by atoms with Crippen molar-refractivity contribution in [2.24, 2.45) is 11.8 Å². The predicted molar refractivity (Wildman–Crippen MR) is 182 cm³/mol. The summed E-state index contributed by atoms with van der Waals surface area (Å²) in [5.41, 5.74) is 2.56. The second-order valence-corrected chi connectivity index (χ2v) is 13.2. The molecule has 4 heterocycles. The normalized spacial score (nSPS) is 17.1. The van der Waals surface area contributed by atoms with Gasteiger partial charge in [0.05, 0.1) is 18.1 Å². The van der Waals surface area contributed by atoms with Crippen molar-refractivity contribution < 1.29 is 14.3 Å². The molecule has 2 fully saturated rings. The van der Waals surface area contributed by atoms with E-state index < -0.39 is 0 Å². The van der Waals surface area contributed by atoms with E-state index in [0.717, 1.165) is 101 Å². The number of ether oxygens (including phenoxy) is 1. The lowest BCUT2D eigenvalue weighted by molar-refractivity contribution is -0.121. The van der Waals surface area contributed by atoms with E-state index in [0.29, 0.717) is 39.8 Å². The van der Waals surface area contributed by atoms with Crippen molar-refractivity contribution >= 4 is 41.2 Å². The number of amides is 1. The number of hydrogen-bond acceptors (Lipinski definition) is 9. The van der Waals surface area contributed by atoms with Gasteiger partial charge < -0.3 is 19.7 Å². The minimum absolute atomic E-state index is 0.0930. The van der Waals surface area contributed by atoms with Crippen LogP contribution in [0.1, 0.15) is 45.1 Å². The van der Waals surface area contributed by atoms with Crippen molar-refractivity contribution in [1.82, 2.24) is 30.1 Å². The van der Waals surface area contributed by atoms with Gasteiger partial charge in [-0.1, -0.05) is 37.0 Å². The highest BCUT2D eigenvalue weighted by Gasteiger charge is 2.22. The summed E-state index contributed by atoms with van der Waals surface area (Å²) >= 11 is 12.7. The summed E-state index contributed by atoms with van der Waals surface area (Å²) in [5.74, 6) is 2.28. The van der Waals surface area contributed by atoms with E-state index in [9.17, 15) is 9.59 Å². The summed E-state index contributed by atoms with van der Waals surface area (Å²) in [6.07, 6.45) is 7.88. The lowest BCUT2D eigenvalue weighted by Gasteiger charge is -2.35. The molecule has 12 heteroatoms. The molecule has 0 aliphatic carbocycles. The number of nitrogens with zero attached hydrogens (tertiary/aromatic N) is 6. The molecule has 2 aliphatic heterocycles. The van der Waals surface area contributed by atoms with Crippen molar-refractivity contribution in [3.05, 3.63) is 58.3 Å². The number of anilines is 1. The minimum atomic E-state index is 0.0930. The summed E-state index contributed by atoms with van der Waals surface area (Å²) < 4.78 is 6.17. The lowest BCUT2D eigenvalue weighted by atomic mass is 9.96. The third-order valence-electron chi connectivity index (χ3n) is 8.70. The highest BCUT2D eigenvalue weighted by molar-refractivity contribution is 6.35. The zero-order valence-corrected chi connectivity index (χ0v) is 28.1. The molecule has 5 rings (SSSR count). The van der Waals surface area contributed by atoms with Crippen molar-refractivity contribution in [2.45, 2.75) is 46.1 Å². The minimum Gasteiger partial charge on any atom is -0.419 e. The fraction of sp³-hybridized carbons (Fsp3) is 0.500. The molecule has 2 saturated heterocycles. The van der Waals surface area contributed by atoms with Gasteiger partial charge >= 0.3 is 0 Å². The number of nitrogens with one attached hydrogen (secondary N) is 1. The van der Waals surface area contributed by atoms with Crippen LogP contribution in [-0.2, 0) is 16.1 Å². The Morgan fingerprint density at radius 2 is 1.72 bits per heavy atom. The van der Waals surface area contributed by atoms with Crippen LogP contribution in [0.25, 0.3) is 11.3 Å². The maximum atomic E-state index is 11.7. The molecule has 10 nitrogen and oxygen atoms in total. The van der Waals surface area contributed by atoms with Crippen LogP contribution in [0.3, 0.4) is 0 Å². The number of rotatable bonds is 13. The van der Waals surface area contributed by atoms with Gasteiger partial charge in [0.15, 0.2) is 0 Å². The third kappa shape index (κ3) is 9.84. The number of halogens is 2. The molecule has 0 bridgehead atoms. The number of likely N-dealkylation sites (tertiary alicyclic amines) is 1. The van der Waals surface area contributed by atoms with Gasteiger partial charge in [0.2, 0.25) is 17.7 Å². The maximum Gasteiger partial charge on any atom is 0.239 e. The van der Waals surface area contributed by atoms with Crippen LogP contribution in [0.15, 0.2) is 42.7 Å². The Labute approximate surface area is 281 Å². The molecule has 246 valence electrons. The number of aromatic nitrogens is 3. The van der Waals surface area contributed by atoms with Crippen LogP contribution in [-0.4, -0.2) is 89.3 Å². The Morgan fingerprint density at radius 1 is 0.978 bits per heavy atom. The molecule has 1 unspecified atom stereocenters. The van der Waals surface area contributed by atoms with Crippen molar-refractivity contribution in [3.63, 3.8) is 0 Å². The zero-order valence-electron chi connectivity index (χ0n) is 26.6. The smallest absolute Gasteiger partial charge is 0.239 e. The SMILES string of the molecule is CCC(=O)NCC1CCN(Cc2cc(Oc3cnc(N4CCN(CCC(C)C=O)CC4)cn3)nc(-c3cc(Cl)cc(Cl)c3)c2)CC1. The summed E-state index contributed by atoms with van der Waals surface area (Å²) in [4.78, 5) is 43.6. The topological polar surface area (TPSA) is 104 Å². The summed E-state index contributed by atoms with van der Waals surface area (Å²) in [5, 5.41) is 4.11. The van der Waals surface area contributed by atoms with Gasteiger partial charge in [-0.2, -0.15) is 0 Å². The fourth-order valence-corrected chi connectivity index (χ4v) is 6.36. The molecule has 2 aliphatic rings. The number of benzene rings is 1. The van der Waals surface area contributed by atoms with Crippen LogP contribution < -0.4 is 15.0 Å². The molecule has 0 radical (unpaired) electrons. The Balaban J connectivity index is 1.25. The summed E-state index contributed by atoms with van der Waals surface area (Å²) in [6, 6.07) is 9.39. The quantitative estimate of drug-likeness (QED) is 0.229. The monoisotopic (exact) mass is 667 g/mol. The highest BCUT2D eigenvalue weighted by Crippen LogP contribution is 2.31. The fourth-order valence-electron chi connectivity index (χ4n) is 5.83.